The van der Waals surface area contributed by atoms with Crippen LogP contribution in [0.1, 0.15) is 35.6 Å². The summed E-state index contributed by atoms with van der Waals surface area (Å²) >= 11 is 0. The van der Waals surface area contributed by atoms with Gasteiger partial charge in [-0.05, 0) is 60.4 Å². The molecule has 0 bridgehead atoms. The van der Waals surface area contributed by atoms with Gasteiger partial charge in [0.05, 0.1) is 19.8 Å². The van der Waals surface area contributed by atoms with Crippen LogP contribution in [0.3, 0.4) is 0 Å². The standard InChI is InChI=1S/C29H24FN3O3/c1-2-4-18-9-22(14-32-13-18)19-6-7-26-23(10-19)29(17-35-16-27(31)33-29)24-11-21(12-25(30)28(24)36-26)20-5-3-8-34-15-20/h5-7,9-14H,3,8,15-17H2,1H3,(H2,31,33)/t29-/m0/s1. The van der Waals surface area contributed by atoms with Gasteiger partial charge in [-0.15, -0.1) is 5.92 Å². The van der Waals surface area contributed by atoms with Gasteiger partial charge in [0.1, 0.15) is 23.7 Å². The molecule has 0 unspecified atom stereocenters. The van der Waals surface area contributed by atoms with Gasteiger partial charge < -0.3 is 19.9 Å². The van der Waals surface area contributed by atoms with Crippen molar-refractivity contribution in [1.29, 1.82) is 0 Å². The third-order valence-corrected chi connectivity index (χ3v) is 6.64. The molecule has 2 N–H and O–H groups in total. The molecule has 1 atom stereocenters. The Morgan fingerprint density at radius 3 is 2.69 bits per heavy atom. The predicted octanol–water partition coefficient (Wildman–Crippen LogP) is 4.80. The molecule has 6 nitrogen and oxygen atoms in total. The lowest BCUT2D eigenvalue weighted by Crippen LogP contribution is -2.42. The lowest BCUT2D eigenvalue weighted by Gasteiger charge is -2.40. The highest BCUT2D eigenvalue weighted by Gasteiger charge is 2.46. The molecular weight excluding hydrogens is 457 g/mol. The summed E-state index contributed by atoms with van der Waals surface area (Å²) in [6, 6.07) is 11.2. The number of halogens is 1. The van der Waals surface area contributed by atoms with Gasteiger partial charge in [0, 0.05) is 34.6 Å². The van der Waals surface area contributed by atoms with Crippen LogP contribution in [-0.2, 0) is 15.0 Å². The molecule has 0 saturated heterocycles. The number of pyridine rings is 1. The van der Waals surface area contributed by atoms with Crippen molar-refractivity contribution >= 4 is 11.4 Å². The van der Waals surface area contributed by atoms with Crippen molar-refractivity contribution in [3.05, 3.63) is 82.9 Å². The average Bonchev–Trinajstić information content (AvgIpc) is 2.90. The molecule has 0 fully saturated rings. The largest absolute Gasteiger partial charge is 0.453 e. The van der Waals surface area contributed by atoms with E-state index in [4.69, 9.17) is 24.9 Å². The minimum Gasteiger partial charge on any atom is -0.453 e. The number of amidine groups is 1. The zero-order chi connectivity index (χ0) is 24.7. The predicted molar refractivity (Wildman–Crippen MR) is 135 cm³/mol. The lowest BCUT2D eigenvalue weighted by atomic mass is 9.78. The first-order valence-electron chi connectivity index (χ1n) is 11.8. The molecule has 2 aromatic carbocycles. The summed E-state index contributed by atoms with van der Waals surface area (Å²) in [5, 5.41) is 0. The molecule has 1 spiro atoms. The summed E-state index contributed by atoms with van der Waals surface area (Å²) in [5.74, 6) is 6.49. The van der Waals surface area contributed by atoms with Crippen molar-refractivity contribution in [2.75, 3.05) is 26.4 Å². The van der Waals surface area contributed by atoms with E-state index in [-0.39, 0.29) is 19.0 Å². The summed E-state index contributed by atoms with van der Waals surface area (Å²) < 4.78 is 33.2. The summed E-state index contributed by atoms with van der Waals surface area (Å²) in [4.78, 5) is 9.24. The Bertz CT molecular complexity index is 1500. The first-order chi connectivity index (χ1) is 17.6. The molecule has 0 radical (unpaired) electrons. The number of aromatic nitrogens is 1. The highest BCUT2D eigenvalue weighted by molar-refractivity contribution is 5.84. The highest BCUT2D eigenvalue weighted by Crippen LogP contribution is 2.52. The SMILES string of the molecule is CC#Cc1cncc(-c2ccc3c(c2)[C@@]2(COCC(N)=N2)c2cc(C4=CCCOC4)cc(F)c2O3)c1. The molecule has 1 aromatic heterocycles. The summed E-state index contributed by atoms with van der Waals surface area (Å²) in [5.41, 5.74) is 10.8. The highest BCUT2D eigenvalue weighted by atomic mass is 19.1. The van der Waals surface area contributed by atoms with E-state index in [2.05, 4.69) is 22.9 Å². The lowest BCUT2D eigenvalue weighted by molar-refractivity contribution is 0.109. The van der Waals surface area contributed by atoms with Gasteiger partial charge >= 0.3 is 0 Å². The molecule has 0 amide bonds. The van der Waals surface area contributed by atoms with E-state index < -0.39 is 11.4 Å². The number of fused-ring (bicyclic) bond motifs is 4. The van der Waals surface area contributed by atoms with Crippen LogP contribution in [0.4, 0.5) is 4.39 Å². The second-order valence-corrected chi connectivity index (χ2v) is 9.01. The number of nitrogens with two attached hydrogens (primary N) is 1. The maximum Gasteiger partial charge on any atom is 0.169 e. The average molecular weight is 482 g/mol. The molecule has 3 aliphatic heterocycles. The Morgan fingerprint density at radius 2 is 1.89 bits per heavy atom. The molecule has 4 heterocycles. The molecule has 180 valence electrons. The fourth-order valence-corrected chi connectivity index (χ4v) is 5.02. The summed E-state index contributed by atoms with van der Waals surface area (Å²) in [6.45, 7) is 3.31. The van der Waals surface area contributed by atoms with Crippen LogP contribution in [0.5, 0.6) is 11.5 Å². The number of nitrogens with zero attached hydrogens (tertiary/aromatic N) is 2. The van der Waals surface area contributed by atoms with Gasteiger partial charge in [0.25, 0.3) is 0 Å². The fourth-order valence-electron chi connectivity index (χ4n) is 5.02. The second-order valence-electron chi connectivity index (χ2n) is 9.01. The van der Waals surface area contributed by atoms with Crippen molar-refractivity contribution in [3.63, 3.8) is 0 Å². The Kier molecular flexibility index (Phi) is 5.56. The van der Waals surface area contributed by atoms with Crippen LogP contribution < -0.4 is 10.5 Å². The molecule has 0 saturated carbocycles. The maximum absolute atomic E-state index is 15.5. The number of ether oxygens (including phenoxy) is 3. The van der Waals surface area contributed by atoms with Crippen LogP contribution in [0, 0.1) is 17.7 Å². The van der Waals surface area contributed by atoms with Gasteiger partial charge in [-0.3, -0.25) is 9.98 Å². The fraction of sp³-hybridized carbons (Fsp3) is 0.241. The topological polar surface area (TPSA) is 79.0 Å². The molecule has 0 aliphatic carbocycles. The van der Waals surface area contributed by atoms with Gasteiger partial charge in [-0.2, -0.15) is 0 Å². The van der Waals surface area contributed by atoms with E-state index in [0.29, 0.717) is 30.4 Å². The van der Waals surface area contributed by atoms with E-state index in [9.17, 15) is 0 Å². The van der Waals surface area contributed by atoms with Crippen molar-refractivity contribution in [2.24, 2.45) is 10.7 Å². The quantitative estimate of drug-likeness (QED) is 0.532. The van der Waals surface area contributed by atoms with Crippen LogP contribution in [0.25, 0.3) is 16.7 Å². The minimum absolute atomic E-state index is 0.139. The Morgan fingerprint density at radius 1 is 1.00 bits per heavy atom. The van der Waals surface area contributed by atoms with Crippen molar-refractivity contribution in [3.8, 4) is 34.5 Å². The Labute approximate surface area is 208 Å². The third-order valence-electron chi connectivity index (χ3n) is 6.64. The van der Waals surface area contributed by atoms with E-state index in [1.54, 1.807) is 19.3 Å². The second kappa shape index (κ2) is 8.90. The van der Waals surface area contributed by atoms with Gasteiger partial charge in [0.2, 0.25) is 0 Å². The number of hydrogen-bond donors (Lipinski definition) is 1. The van der Waals surface area contributed by atoms with Gasteiger partial charge in [-0.25, -0.2) is 4.39 Å². The van der Waals surface area contributed by atoms with Crippen molar-refractivity contribution < 1.29 is 18.6 Å². The monoisotopic (exact) mass is 481 g/mol. The van der Waals surface area contributed by atoms with Crippen LogP contribution in [-0.4, -0.2) is 37.2 Å². The number of rotatable bonds is 2. The molecular formula is C29H24FN3O3. The summed E-state index contributed by atoms with van der Waals surface area (Å²) in [7, 11) is 0. The first kappa shape index (κ1) is 22.5. The molecule has 6 rings (SSSR count). The van der Waals surface area contributed by atoms with Crippen LogP contribution >= 0.6 is 0 Å². The molecule has 3 aliphatic rings. The van der Waals surface area contributed by atoms with Gasteiger partial charge in [0.15, 0.2) is 11.6 Å². The first-order valence-corrected chi connectivity index (χ1v) is 11.8. The van der Waals surface area contributed by atoms with E-state index >= 15 is 4.39 Å². The summed E-state index contributed by atoms with van der Waals surface area (Å²) in [6.07, 6.45) is 6.38. The number of aliphatic imine (C=N–C) groups is 1. The molecule has 36 heavy (non-hydrogen) atoms. The zero-order valence-electron chi connectivity index (χ0n) is 19.8. The molecule has 7 heteroatoms. The third kappa shape index (κ3) is 3.76. The van der Waals surface area contributed by atoms with Crippen LogP contribution in [0.2, 0.25) is 0 Å². The normalized spacial score (nSPS) is 20.3. The zero-order valence-corrected chi connectivity index (χ0v) is 19.8. The van der Waals surface area contributed by atoms with Crippen LogP contribution in [0.15, 0.2) is 59.9 Å². The molecule has 3 aromatic rings. The Hall–Kier alpha value is -3.99. The minimum atomic E-state index is -1.05. The van der Waals surface area contributed by atoms with Crippen molar-refractivity contribution in [1.82, 2.24) is 4.98 Å². The van der Waals surface area contributed by atoms with E-state index in [0.717, 1.165) is 39.8 Å². The maximum atomic E-state index is 15.5. The van der Waals surface area contributed by atoms with Crippen molar-refractivity contribution in [2.45, 2.75) is 18.9 Å². The van der Waals surface area contributed by atoms with E-state index in [1.165, 1.54) is 6.07 Å². The number of benzene rings is 2. The van der Waals surface area contributed by atoms with Gasteiger partial charge in [-0.1, -0.05) is 18.1 Å². The van der Waals surface area contributed by atoms with E-state index in [1.807, 2.05) is 30.3 Å². The smallest absolute Gasteiger partial charge is 0.169 e. The number of hydrogen-bond acceptors (Lipinski definition) is 6. The Balaban J connectivity index is 1.55.